The number of methoxy groups -OCH3 is 1. The van der Waals surface area contributed by atoms with Crippen LogP contribution in [0.3, 0.4) is 0 Å². The van der Waals surface area contributed by atoms with Crippen LogP contribution < -0.4 is 4.74 Å². The van der Waals surface area contributed by atoms with Crippen molar-refractivity contribution in [1.82, 2.24) is 10.2 Å². The van der Waals surface area contributed by atoms with E-state index in [1.807, 2.05) is 37.3 Å². The number of aryl methyl sites for hydroxylation is 3. The van der Waals surface area contributed by atoms with Gasteiger partial charge in [0.2, 0.25) is 16.9 Å². The largest absolute Gasteiger partial charge is 0.496 e. The molecule has 0 N–H and O–H groups in total. The van der Waals surface area contributed by atoms with Crippen molar-refractivity contribution < 1.29 is 13.9 Å². The maximum atomic E-state index is 12.6. The number of carbonyl (C=O) groups excluding carboxylic acids is 1. The number of rotatable bonds is 8. The average molecular weight is 448 g/mol. The maximum Gasteiger partial charge on any atom is 0.222 e. The van der Waals surface area contributed by atoms with Gasteiger partial charge < -0.3 is 9.15 Å². The number of ether oxygens (including phenoxy) is 1. The smallest absolute Gasteiger partial charge is 0.222 e. The van der Waals surface area contributed by atoms with Crippen molar-refractivity contribution in [2.75, 3.05) is 13.4 Å². The molecule has 0 saturated heterocycles. The molecule has 0 aliphatic rings. The summed E-state index contributed by atoms with van der Waals surface area (Å²) >= 11 is 1.15. The highest BCUT2D eigenvalue weighted by Gasteiger charge is 2.17. The molecular formula is C25H25N3O3S. The van der Waals surface area contributed by atoms with E-state index in [2.05, 4.69) is 22.3 Å². The molecule has 1 aromatic heterocycles. The fourth-order valence-electron chi connectivity index (χ4n) is 3.56. The van der Waals surface area contributed by atoms with Crippen molar-refractivity contribution in [3.63, 3.8) is 0 Å². The molecular weight excluding hydrogens is 422 g/mol. The zero-order valence-electron chi connectivity index (χ0n) is 18.6. The van der Waals surface area contributed by atoms with Crippen LogP contribution in [-0.2, 0) is 6.42 Å². The lowest BCUT2D eigenvalue weighted by Crippen LogP contribution is -2.02. The molecule has 0 spiro atoms. The molecule has 7 heteroatoms. The quantitative estimate of drug-likeness (QED) is 0.420. The van der Waals surface area contributed by atoms with Gasteiger partial charge in [-0.3, -0.25) is 4.79 Å². The van der Waals surface area contributed by atoms with E-state index in [-0.39, 0.29) is 5.12 Å². The summed E-state index contributed by atoms with van der Waals surface area (Å²) in [6, 6.07) is 13.6. The molecule has 0 radical (unpaired) electrons. The zero-order chi connectivity index (χ0) is 23.1. The minimum absolute atomic E-state index is 0.0521. The Kier molecular flexibility index (Phi) is 7.85. The normalized spacial score (nSPS) is 11.3. The van der Waals surface area contributed by atoms with Gasteiger partial charge in [0.15, 0.2) is 0 Å². The number of carbonyl (C=O) groups is 1. The van der Waals surface area contributed by atoms with Gasteiger partial charge in [0.25, 0.3) is 0 Å². The summed E-state index contributed by atoms with van der Waals surface area (Å²) in [5.41, 5.74) is 4.80. The second-order valence-corrected chi connectivity index (χ2v) is 8.06. The highest BCUT2D eigenvalue weighted by Crippen LogP contribution is 2.33. The maximum absolute atomic E-state index is 12.6. The summed E-state index contributed by atoms with van der Waals surface area (Å²) in [7, 11) is 1.57. The molecule has 164 valence electrons. The van der Waals surface area contributed by atoms with Crippen LogP contribution in [0.5, 0.6) is 5.75 Å². The summed E-state index contributed by atoms with van der Waals surface area (Å²) in [6.45, 7) is 3.71. The molecule has 0 atom stereocenters. The number of nitriles is 1. The lowest BCUT2D eigenvalue weighted by Gasteiger charge is -2.15. The van der Waals surface area contributed by atoms with Crippen LogP contribution in [0.1, 0.15) is 57.2 Å². The molecule has 6 nitrogen and oxygen atoms in total. The number of aromatic nitrogens is 2. The second kappa shape index (κ2) is 10.8. The predicted octanol–water partition coefficient (Wildman–Crippen LogP) is 5.52. The van der Waals surface area contributed by atoms with E-state index in [4.69, 9.17) is 9.15 Å². The first-order valence-corrected chi connectivity index (χ1v) is 11.5. The molecule has 3 rings (SSSR count). The van der Waals surface area contributed by atoms with E-state index < -0.39 is 0 Å². The van der Waals surface area contributed by atoms with Crippen molar-refractivity contribution >= 4 is 22.5 Å². The molecule has 2 aromatic carbocycles. The Labute approximate surface area is 192 Å². The van der Waals surface area contributed by atoms with Gasteiger partial charge in [0.05, 0.1) is 24.3 Å². The van der Waals surface area contributed by atoms with Gasteiger partial charge >= 0.3 is 0 Å². The Balaban J connectivity index is 2.01. The van der Waals surface area contributed by atoms with E-state index in [0.717, 1.165) is 46.9 Å². The zero-order valence-corrected chi connectivity index (χ0v) is 19.5. The number of allylic oxidation sites excluding steroid dienone is 1. The van der Waals surface area contributed by atoms with Crippen molar-refractivity contribution in [2.24, 2.45) is 0 Å². The monoisotopic (exact) mass is 447 g/mol. The third-order valence-corrected chi connectivity index (χ3v) is 5.60. The molecule has 0 unspecified atom stereocenters. The molecule has 1 heterocycles. The molecule has 0 aliphatic carbocycles. The minimum atomic E-state index is -0.0521. The third kappa shape index (κ3) is 5.45. The van der Waals surface area contributed by atoms with Crippen molar-refractivity contribution in [1.29, 1.82) is 5.26 Å². The SMILES string of the molecule is COc1c(C)cc(/C(=C\CCCc2nnc(C)o2)c2cccc(C#N)c2)cc1C(=O)SC. The van der Waals surface area contributed by atoms with Crippen LogP contribution in [0.15, 0.2) is 46.9 Å². The van der Waals surface area contributed by atoms with Gasteiger partial charge in [-0.15, -0.1) is 10.2 Å². The standard InChI is InChI=1S/C25H25N3O3S/c1-16-12-20(14-22(24(16)30-3)25(29)32-4)21(19-9-7-8-18(13-19)15-26)10-5-6-11-23-28-27-17(2)31-23/h7-10,12-14H,5-6,11H2,1-4H3/b21-10-. The lowest BCUT2D eigenvalue weighted by atomic mass is 9.92. The fourth-order valence-corrected chi connectivity index (χ4v) is 3.93. The third-order valence-electron chi connectivity index (χ3n) is 5.01. The second-order valence-electron chi connectivity index (χ2n) is 7.28. The Bertz CT molecular complexity index is 1190. The predicted molar refractivity (Wildman–Crippen MR) is 126 cm³/mol. The highest BCUT2D eigenvalue weighted by molar-refractivity contribution is 8.13. The van der Waals surface area contributed by atoms with E-state index in [1.54, 1.807) is 26.4 Å². The van der Waals surface area contributed by atoms with Crippen LogP contribution in [-0.4, -0.2) is 28.7 Å². The minimum Gasteiger partial charge on any atom is -0.496 e. The first kappa shape index (κ1) is 23.3. The Morgan fingerprint density at radius 2 is 2.03 bits per heavy atom. The van der Waals surface area contributed by atoms with Gasteiger partial charge in [-0.25, -0.2) is 0 Å². The van der Waals surface area contributed by atoms with E-state index >= 15 is 0 Å². The number of benzene rings is 2. The fraction of sp³-hybridized carbons (Fsp3) is 0.280. The number of unbranched alkanes of at least 4 members (excludes halogenated alkanes) is 1. The van der Waals surface area contributed by atoms with Gasteiger partial charge in [-0.2, -0.15) is 5.26 Å². The summed E-state index contributed by atoms with van der Waals surface area (Å²) in [5.74, 6) is 1.77. The highest BCUT2D eigenvalue weighted by atomic mass is 32.2. The van der Waals surface area contributed by atoms with E-state index in [1.165, 1.54) is 0 Å². The molecule has 0 aliphatic heterocycles. The molecule has 0 saturated carbocycles. The van der Waals surface area contributed by atoms with Crippen LogP contribution in [0, 0.1) is 25.2 Å². The molecule has 0 fully saturated rings. The summed E-state index contributed by atoms with van der Waals surface area (Å²) in [6.07, 6.45) is 6.17. The summed E-state index contributed by atoms with van der Waals surface area (Å²) in [4.78, 5) is 12.6. The topological polar surface area (TPSA) is 89.0 Å². The Morgan fingerprint density at radius 3 is 2.69 bits per heavy atom. The average Bonchev–Trinajstić information content (AvgIpc) is 3.22. The lowest BCUT2D eigenvalue weighted by molar-refractivity contribution is 0.108. The van der Waals surface area contributed by atoms with Gasteiger partial charge in [-0.05, 0) is 72.6 Å². The van der Waals surface area contributed by atoms with Crippen LogP contribution in [0.2, 0.25) is 0 Å². The summed E-state index contributed by atoms with van der Waals surface area (Å²) < 4.78 is 11.0. The van der Waals surface area contributed by atoms with Crippen molar-refractivity contribution in [3.8, 4) is 11.8 Å². The summed E-state index contributed by atoms with van der Waals surface area (Å²) in [5, 5.41) is 17.2. The Morgan fingerprint density at radius 1 is 1.22 bits per heavy atom. The van der Waals surface area contributed by atoms with E-state index in [9.17, 15) is 10.1 Å². The number of nitrogens with zero attached hydrogens (tertiary/aromatic N) is 3. The molecule has 0 bridgehead atoms. The van der Waals surface area contributed by atoms with Crippen LogP contribution >= 0.6 is 11.8 Å². The van der Waals surface area contributed by atoms with Gasteiger partial charge in [0.1, 0.15) is 5.75 Å². The molecule has 3 aromatic rings. The molecule has 0 amide bonds. The molecule has 32 heavy (non-hydrogen) atoms. The number of hydrogen-bond donors (Lipinski definition) is 0. The van der Waals surface area contributed by atoms with Crippen LogP contribution in [0.4, 0.5) is 0 Å². The number of thioether (sulfide) groups is 1. The number of hydrogen-bond acceptors (Lipinski definition) is 7. The first-order chi connectivity index (χ1) is 15.5. The van der Waals surface area contributed by atoms with E-state index in [0.29, 0.717) is 35.1 Å². The first-order valence-electron chi connectivity index (χ1n) is 10.2. The van der Waals surface area contributed by atoms with Gasteiger partial charge in [0, 0.05) is 13.3 Å². The van der Waals surface area contributed by atoms with Crippen molar-refractivity contribution in [3.05, 3.63) is 82.1 Å². The van der Waals surface area contributed by atoms with Crippen LogP contribution in [0.25, 0.3) is 5.57 Å². The van der Waals surface area contributed by atoms with Gasteiger partial charge in [-0.1, -0.05) is 30.0 Å². The Hall–Kier alpha value is -3.37. The van der Waals surface area contributed by atoms with Crippen molar-refractivity contribution in [2.45, 2.75) is 33.1 Å².